The Hall–Kier alpha value is -0.610. The Morgan fingerprint density at radius 1 is 1.31 bits per heavy atom. The van der Waals surface area contributed by atoms with E-state index in [1.54, 1.807) is 7.11 Å². The van der Waals surface area contributed by atoms with Gasteiger partial charge in [0.05, 0.1) is 12.0 Å². The lowest BCUT2D eigenvalue weighted by atomic mass is 9.78. The molecule has 0 spiro atoms. The predicted octanol–water partition coefficient (Wildman–Crippen LogP) is 0.625. The number of hydrogen-bond acceptors (Lipinski definition) is 3. The molecule has 2 saturated heterocycles. The summed E-state index contributed by atoms with van der Waals surface area (Å²) in [5.41, 5.74) is -0.246. The molecule has 2 aliphatic heterocycles. The van der Waals surface area contributed by atoms with Crippen LogP contribution >= 0.6 is 0 Å². The number of ether oxygens (including phenoxy) is 1. The molecule has 2 heterocycles. The molecule has 4 nitrogen and oxygen atoms in total. The largest absolute Gasteiger partial charge is 0.384 e. The Labute approximate surface area is 97.3 Å². The normalized spacial score (nSPS) is 24.7. The first-order valence-corrected chi connectivity index (χ1v) is 6.27. The molecule has 2 aliphatic rings. The molecule has 92 valence electrons. The van der Waals surface area contributed by atoms with E-state index in [4.69, 9.17) is 4.74 Å². The highest BCUT2D eigenvalue weighted by Crippen LogP contribution is 2.32. The number of nitrogens with zero attached hydrogens (tertiary/aromatic N) is 1. The van der Waals surface area contributed by atoms with Crippen LogP contribution in [0.2, 0.25) is 0 Å². The monoisotopic (exact) mass is 226 g/mol. The van der Waals surface area contributed by atoms with Crippen molar-refractivity contribution in [3.63, 3.8) is 0 Å². The van der Waals surface area contributed by atoms with Crippen molar-refractivity contribution in [2.24, 2.45) is 5.41 Å². The first-order chi connectivity index (χ1) is 7.78. The molecule has 0 unspecified atom stereocenters. The summed E-state index contributed by atoms with van der Waals surface area (Å²) >= 11 is 0. The molecule has 0 radical (unpaired) electrons. The molecule has 0 aromatic carbocycles. The summed E-state index contributed by atoms with van der Waals surface area (Å²) in [6.07, 6.45) is 4.15. The molecule has 1 N–H and O–H groups in total. The summed E-state index contributed by atoms with van der Waals surface area (Å²) in [4.78, 5) is 14.6. The van der Waals surface area contributed by atoms with Crippen molar-refractivity contribution in [2.45, 2.75) is 25.7 Å². The van der Waals surface area contributed by atoms with Gasteiger partial charge in [0.1, 0.15) is 0 Å². The fraction of sp³-hybridized carbons (Fsp3) is 0.917. The smallest absolute Gasteiger partial charge is 0.231 e. The van der Waals surface area contributed by atoms with Crippen molar-refractivity contribution in [1.29, 1.82) is 0 Å². The number of rotatable bonds is 3. The molecule has 2 fully saturated rings. The highest BCUT2D eigenvalue weighted by molar-refractivity contribution is 5.83. The number of methoxy groups -OCH3 is 1. The topological polar surface area (TPSA) is 41.6 Å². The van der Waals surface area contributed by atoms with E-state index < -0.39 is 0 Å². The van der Waals surface area contributed by atoms with Crippen LogP contribution in [-0.2, 0) is 9.53 Å². The van der Waals surface area contributed by atoms with E-state index in [2.05, 4.69) is 5.32 Å². The summed E-state index contributed by atoms with van der Waals surface area (Å²) < 4.78 is 5.29. The van der Waals surface area contributed by atoms with Gasteiger partial charge in [-0.3, -0.25) is 4.79 Å². The molecular formula is C12H22N2O2. The van der Waals surface area contributed by atoms with E-state index in [1.807, 2.05) is 4.90 Å². The van der Waals surface area contributed by atoms with E-state index in [9.17, 15) is 4.79 Å². The SMILES string of the molecule is COCC1(C(=O)N2CCCC2)CCNCC1. The summed E-state index contributed by atoms with van der Waals surface area (Å²) in [6, 6.07) is 0. The highest BCUT2D eigenvalue weighted by Gasteiger charge is 2.42. The third-order valence-corrected chi connectivity index (χ3v) is 3.83. The highest BCUT2D eigenvalue weighted by atomic mass is 16.5. The van der Waals surface area contributed by atoms with E-state index in [0.717, 1.165) is 51.9 Å². The first-order valence-electron chi connectivity index (χ1n) is 6.27. The number of carbonyl (C=O) groups is 1. The molecular weight excluding hydrogens is 204 g/mol. The second kappa shape index (κ2) is 5.15. The van der Waals surface area contributed by atoms with Crippen molar-refractivity contribution in [3.05, 3.63) is 0 Å². The van der Waals surface area contributed by atoms with Crippen LogP contribution in [0.4, 0.5) is 0 Å². The summed E-state index contributed by atoms with van der Waals surface area (Å²) in [6.45, 7) is 4.32. The van der Waals surface area contributed by atoms with Crippen LogP contribution in [0.15, 0.2) is 0 Å². The Kier molecular flexibility index (Phi) is 3.82. The number of nitrogens with one attached hydrogen (secondary N) is 1. The summed E-state index contributed by atoms with van der Waals surface area (Å²) in [5.74, 6) is 0.327. The molecule has 0 aromatic rings. The fourth-order valence-electron chi connectivity index (χ4n) is 2.86. The molecule has 16 heavy (non-hydrogen) atoms. The molecule has 0 bridgehead atoms. The van der Waals surface area contributed by atoms with Crippen LogP contribution in [-0.4, -0.2) is 50.7 Å². The van der Waals surface area contributed by atoms with E-state index >= 15 is 0 Å². The van der Waals surface area contributed by atoms with Crippen LogP contribution in [0.3, 0.4) is 0 Å². The van der Waals surface area contributed by atoms with Crippen molar-refractivity contribution >= 4 is 5.91 Å². The van der Waals surface area contributed by atoms with Gasteiger partial charge in [0.2, 0.25) is 5.91 Å². The first kappa shape index (κ1) is 11.9. The Bertz CT molecular complexity index is 238. The maximum absolute atomic E-state index is 12.5. The van der Waals surface area contributed by atoms with Crippen LogP contribution in [0.5, 0.6) is 0 Å². The number of piperidine rings is 1. The maximum Gasteiger partial charge on any atom is 0.231 e. The van der Waals surface area contributed by atoms with Gasteiger partial charge in [-0.1, -0.05) is 0 Å². The summed E-state index contributed by atoms with van der Waals surface area (Å²) in [7, 11) is 1.70. The molecule has 0 atom stereocenters. The Morgan fingerprint density at radius 3 is 2.50 bits per heavy atom. The predicted molar refractivity (Wildman–Crippen MR) is 62.2 cm³/mol. The lowest BCUT2D eigenvalue weighted by Gasteiger charge is -2.38. The number of carbonyl (C=O) groups excluding carboxylic acids is 1. The number of likely N-dealkylation sites (tertiary alicyclic amines) is 1. The molecule has 1 amide bonds. The second-order valence-corrected chi connectivity index (χ2v) is 4.96. The van der Waals surface area contributed by atoms with Gasteiger partial charge in [0.25, 0.3) is 0 Å². The third-order valence-electron chi connectivity index (χ3n) is 3.83. The van der Waals surface area contributed by atoms with Crippen LogP contribution in [0.25, 0.3) is 0 Å². The standard InChI is InChI=1S/C12H22N2O2/c1-16-10-12(4-6-13-7-5-12)11(15)14-8-2-3-9-14/h13H,2-10H2,1H3. The lowest BCUT2D eigenvalue weighted by molar-refractivity contribution is -0.146. The van der Waals surface area contributed by atoms with Crippen molar-refractivity contribution in [1.82, 2.24) is 10.2 Å². The van der Waals surface area contributed by atoms with Gasteiger partial charge in [-0.15, -0.1) is 0 Å². The van der Waals surface area contributed by atoms with Crippen molar-refractivity contribution in [3.8, 4) is 0 Å². The third kappa shape index (κ3) is 2.23. The second-order valence-electron chi connectivity index (χ2n) is 4.96. The maximum atomic E-state index is 12.5. The van der Waals surface area contributed by atoms with Gasteiger partial charge in [-0.25, -0.2) is 0 Å². The molecule has 0 aromatic heterocycles. The van der Waals surface area contributed by atoms with Crippen LogP contribution < -0.4 is 5.32 Å². The fourth-order valence-corrected chi connectivity index (χ4v) is 2.86. The Morgan fingerprint density at radius 2 is 1.94 bits per heavy atom. The van der Waals surface area contributed by atoms with Gasteiger partial charge in [0.15, 0.2) is 0 Å². The minimum absolute atomic E-state index is 0.246. The minimum Gasteiger partial charge on any atom is -0.384 e. The number of hydrogen-bond donors (Lipinski definition) is 1. The lowest BCUT2D eigenvalue weighted by Crippen LogP contribution is -2.50. The van der Waals surface area contributed by atoms with Gasteiger partial charge in [0, 0.05) is 20.2 Å². The minimum atomic E-state index is -0.246. The quantitative estimate of drug-likeness (QED) is 0.767. The van der Waals surface area contributed by atoms with Crippen LogP contribution in [0.1, 0.15) is 25.7 Å². The van der Waals surface area contributed by atoms with Crippen LogP contribution in [0, 0.1) is 5.41 Å². The number of amides is 1. The van der Waals surface area contributed by atoms with E-state index in [0.29, 0.717) is 12.5 Å². The van der Waals surface area contributed by atoms with E-state index in [-0.39, 0.29) is 5.41 Å². The van der Waals surface area contributed by atoms with Crippen molar-refractivity contribution in [2.75, 3.05) is 39.9 Å². The molecule has 2 rings (SSSR count). The zero-order valence-electron chi connectivity index (χ0n) is 10.1. The van der Waals surface area contributed by atoms with E-state index in [1.165, 1.54) is 0 Å². The Balaban J connectivity index is 2.07. The average molecular weight is 226 g/mol. The van der Waals surface area contributed by atoms with Gasteiger partial charge in [-0.2, -0.15) is 0 Å². The average Bonchev–Trinajstić information content (AvgIpc) is 2.83. The molecule has 0 aliphatic carbocycles. The molecule has 0 saturated carbocycles. The van der Waals surface area contributed by atoms with Gasteiger partial charge < -0.3 is 15.0 Å². The molecule has 4 heteroatoms. The van der Waals surface area contributed by atoms with Crippen molar-refractivity contribution < 1.29 is 9.53 Å². The van der Waals surface area contributed by atoms with Gasteiger partial charge in [-0.05, 0) is 38.8 Å². The zero-order valence-corrected chi connectivity index (χ0v) is 10.1. The van der Waals surface area contributed by atoms with Gasteiger partial charge >= 0.3 is 0 Å². The zero-order chi connectivity index (χ0) is 11.4. The summed E-state index contributed by atoms with van der Waals surface area (Å²) in [5, 5.41) is 3.32.